The van der Waals surface area contributed by atoms with Crippen LogP contribution in [0.2, 0.25) is 0 Å². The molecule has 6 nitrogen and oxygen atoms in total. The summed E-state index contributed by atoms with van der Waals surface area (Å²) in [7, 11) is 0. The molecule has 146 valence electrons. The summed E-state index contributed by atoms with van der Waals surface area (Å²) < 4.78 is 29.3. The van der Waals surface area contributed by atoms with E-state index in [-0.39, 0.29) is 31.2 Å². The quantitative estimate of drug-likeness (QED) is 0.449. The molecule has 0 unspecified atom stereocenters. The molecule has 0 aliphatic rings. The Kier molecular flexibility index (Phi) is 10.3. The van der Waals surface area contributed by atoms with Crippen molar-refractivity contribution in [2.24, 2.45) is 5.73 Å². The Bertz CT molecular complexity index is 579. The highest BCUT2D eigenvalue weighted by Gasteiger charge is 2.15. The molecule has 7 heteroatoms. The van der Waals surface area contributed by atoms with Gasteiger partial charge in [-0.2, -0.15) is 0 Å². The molecule has 0 radical (unpaired) electrons. The van der Waals surface area contributed by atoms with E-state index in [1.165, 1.54) is 12.1 Å². The van der Waals surface area contributed by atoms with Gasteiger partial charge in [-0.1, -0.05) is 19.4 Å². The zero-order valence-corrected chi connectivity index (χ0v) is 15.5. The lowest BCUT2D eigenvalue weighted by Gasteiger charge is -2.13. The Morgan fingerprint density at radius 3 is 2.54 bits per heavy atom. The van der Waals surface area contributed by atoms with Crippen LogP contribution in [0, 0.1) is 5.82 Å². The molecule has 1 rings (SSSR count). The fourth-order valence-electron chi connectivity index (χ4n) is 2.18. The smallest absolute Gasteiger partial charge is 0.307 e. The molecule has 2 N–H and O–H groups in total. The van der Waals surface area contributed by atoms with Crippen molar-refractivity contribution in [3.8, 4) is 5.75 Å². The molecule has 1 aromatic rings. The van der Waals surface area contributed by atoms with Gasteiger partial charge < -0.3 is 19.9 Å². The number of hydrogen-bond donors (Lipinski definition) is 1. The molecule has 0 aliphatic heterocycles. The number of carbonyl (C=O) groups is 2. The lowest BCUT2D eigenvalue weighted by Crippen LogP contribution is -2.18. The molecule has 0 bridgehead atoms. The summed E-state index contributed by atoms with van der Waals surface area (Å²) in [6, 6.07) is 3.70. The van der Waals surface area contributed by atoms with E-state index in [0.29, 0.717) is 25.2 Å². The van der Waals surface area contributed by atoms with E-state index in [0.717, 1.165) is 12.8 Å². The van der Waals surface area contributed by atoms with Crippen LogP contribution in [0.3, 0.4) is 0 Å². The highest BCUT2D eigenvalue weighted by molar-refractivity contribution is 5.70. The second kappa shape index (κ2) is 12.2. The monoisotopic (exact) mass is 369 g/mol. The van der Waals surface area contributed by atoms with Gasteiger partial charge in [-0.05, 0) is 37.5 Å². The van der Waals surface area contributed by atoms with Gasteiger partial charge >= 0.3 is 11.9 Å². The van der Waals surface area contributed by atoms with Gasteiger partial charge in [-0.25, -0.2) is 4.39 Å². The SMILES string of the molecule is CCCCOC(=O)C[C@H](N)c1ccc(OCCCC(=O)OCC)c(F)c1. The minimum atomic E-state index is -0.642. The van der Waals surface area contributed by atoms with Gasteiger partial charge in [-0.15, -0.1) is 0 Å². The summed E-state index contributed by atoms with van der Waals surface area (Å²) in [5.41, 5.74) is 6.44. The van der Waals surface area contributed by atoms with Crippen LogP contribution in [0.15, 0.2) is 18.2 Å². The summed E-state index contributed by atoms with van der Waals surface area (Å²) in [5.74, 6) is -1.18. The highest BCUT2D eigenvalue weighted by Crippen LogP contribution is 2.23. The van der Waals surface area contributed by atoms with Crippen LogP contribution >= 0.6 is 0 Å². The summed E-state index contributed by atoms with van der Waals surface area (Å²) in [4.78, 5) is 22.9. The summed E-state index contributed by atoms with van der Waals surface area (Å²) in [6.07, 6.45) is 2.38. The van der Waals surface area contributed by atoms with E-state index in [9.17, 15) is 14.0 Å². The molecule has 1 atom stereocenters. The van der Waals surface area contributed by atoms with Crippen LogP contribution in [-0.4, -0.2) is 31.8 Å². The van der Waals surface area contributed by atoms with E-state index < -0.39 is 17.8 Å². The predicted molar refractivity (Wildman–Crippen MR) is 95.2 cm³/mol. The van der Waals surface area contributed by atoms with Gasteiger partial charge in [0, 0.05) is 12.5 Å². The van der Waals surface area contributed by atoms with E-state index in [4.69, 9.17) is 19.9 Å². The van der Waals surface area contributed by atoms with Crippen molar-refractivity contribution < 1.29 is 28.2 Å². The normalized spacial score (nSPS) is 11.7. The van der Waals surface area contributed by atoms with Crippen molar-refractivity contribution >= 4 is 11.9 Å². The second-order valence-corrected chi connectivity index (χ2v) is 5.83. The molecule has 0 saturated heterocycles. The molecule has 26 heavy (non-hydrogen) atoms. The Morgan fingerprint density at radius 2 is 1.88 bits per heavy atom. The minimum absolute atomic E-state index is 0.0110. The van der Waals surface area contributed by atoms with Crippen molar-refractivity contribution in [3.05, 3.63) is 29.6 Å². The van der Waals surface area contributed by atoms with Gasteiger partial charge in [0.15, 0.2) is 11.6 Å². The maximum atomic E-state index is 14.1. The summed E-state index contributed by atoms with van der Waals surface area (Å²) in [6.45, 7) is 4.64. The molecular weight excluding hydrogens is 341 g/mol. The topological polar surface area (TPSA) is 87.9 Å². The van der Waals surface area contributed by atoms with E-state index >= 15 is 0 Å². The molecule has 0 aliphatic carbocycles. The van der Waals surface area contributed by atoms with E-state index in [2.05, 4.69) is 0 Å². The second-order valence-electron chi connectivity index (χ2n) is 5.83. The van der Waals surface area contributed by atoms with Gasteiger partial charge in [0.1, 0.15) is 0 Å². The third-order valence-electron chi connectivity index (χ3n) is 3.62. The third kappa shape index (κ3) is 8.29. The number of esters is 2. The van der Waals surface area contributed by atoms with E-state index in [1.807, 2.05) is 6.92 Å². The van der Waals surface area contributed by atoms with Crippen LogP contribution in [0.5, 0.6) is 5.75 Å². The van der Waals surface area contributed by atoms with Crippen LogP contribution in [0.4, 0.5) is 4.39 Å². The van der Waals surface area contributed by atoms with Crippen molar-refractivity contribution in [1.29, 1.82) is 0 Å². The van der Waals surface area contributed by atoms with Crippen molar-refractivity contribution in [3.63, 3.8) is 0 Å². The van der Waals surface area contributed by atoms with Crippen molar-refractivity contribution in [2.45, 2.75) is 52.0 Å². The Labute approximate surface area is 153 Å². The summed E-state index contributed by atoms with van der Waals surface area (Å²) >= 11 is 0. The highest BCUT2D eigenvalue weighted by atomic mass is 19.1. The maximum Gasteiger partial charge on any atom is 0.307 e. The lowest BCUT2D eigenvalue weighted by molar-refractivity contribution is -0.144. The van der Waals surface area contributed by atoms with Crippen LogP contribution in [-0.2, 0) is 19.1 Å². The number of hydrogen-bond acceptors (Lipinski definition) is 6. The van der Waals surface area contributed by atoms with Crippen molar-refractivity contribution in [1.82, 2.24) is 0 Å². The summed E-state index contributed by atoms with van der Waals surface area (Å²) in [5, 5.41) is 0. The fourth-order valence-corrected chi connectivity index (χ4v) is 2.18. The number of benzene rings is 1. The minimum Gasteiger partial charge on any atom is -0.491 e. The Balaban J connectivity index is 2.45. The molecule has 0 saturated carbocycles. The fraction of sp³-hybridized carbons (Fsp3) is 0.579. The third-order valence-corrected chi connectivity index (χ3v) is 3.62. The first-order chi connectivity index (χ1) is 12.5. The number of nitrogens with two attached hydrogens (primary N) is 1. The number of rotatable bonds is 12. The molecule has 0 amide bonds. The zero-order chi connectivity index (χ0) is 19.4. The average molecular weight is 369 g/mol. The Morgan fingerprint density at radius 1 is 1.12 bits per heavy atom. The first-order valence-electron chi connectivity index (χ1n) is 8.97. The van der Waals surface area contributed by atoms with Crippen LogP contribution in [0.1, 0.15) is 57.6 Å². The predicted octanol–water partition coefficient (Wildman–Crippen LogP) is 3.28. The first kappa shape index (κ1) is 21.9. The first-order valence-corrected chi connectivity index (χ1v) is 8.97. The number of carbonyl (C=O) groups excluding carboxylic acids is 2. The standard InChI is InChI=1S/C19H28FNO5/c1-3-5-10-26-19(23)13-16(21)14-8-9-17(15(20)12-14)25-11-6-7-18(22)24-4-2/h8-9,12,16H,3-7,10-11,13,21H2,1-2H3/t16-/m0/s1. The van der Waals surface area contributed by atoms with Gasteiger partial charge in [0.25, 0.3) is 0 Å². The van der Waals surface area contributed by atoms with Gasteiger partial charge in [0.2, 0.25) is 0 Å². The average Bonchev–Trinajstić information content (AvgIpc) is 2.60. The number of unbranched alkanes of at least 4 members (excludes halogenated alkanes) is 1. The molecule has 0 aromatic heterocycles. The molecule has 0 fully saturated rings. The van der Waals surface area contributed by atoms with Gasteiger partial charge in [0.05, 0.1) is 26.2 Å². The molecule has 1 aromatic carbocycles. The largest absolute Gasteiger partial charge is 0.491 e. The molecular formula is C19H28FNO5. The van der Waals surface area contributed by atoms with Gasteiger partial charge in [-0.3, -0.25) is 9.59 Å². The van der Waals surface area contributed by atoms with Crippen LogP contribution < -0.4 is 10.5 Å². The number of halogens is 1. The van der Waals surface area contributed by atoms with E-state index in [1.54, 1.807) is 13.0 Å². The lowest BCUT2D eigenvalue weighted by atomic mass is 10.0. The maximum absolute atomic E-state index is 14.1. The Hall–Kier alpha value is -2.15. The molecule has 0 spiro atoms. The van der Waals surface area contributed by atoms with Crippen LogP contribution in [0.25, 0.3) is 0 Å². The number of ether oxygens (including phenoxy) is 3. The molecule has 0 heterocycles. The zero-order valence-electron chi connectivity index (χ0n) is 15.5. The van der Waals surface area contributed by atoms with Crippen molar-refractivity contribution in [2.75, 3.05) is 19.8 Å².